The second-order valence-electron chi connectivity index (χ2n) is 5.43. The first-order valence-corrected chi connectivity index (χ1v) is 6.81. The van der Waals surface area contributed by atoms with Crippen LogP contribution in [0.5, 0.6) is 0 Å². The predicted octanol–water partition coefficient (Wildman–Crippen LogP) is -1.26. The molecule has 0 heterocycles. The van der Waals surface area contributed by atoms with Gasteiger partial charge in [0, 0.05) is 0 Å². The van der Waals surface area contributed by atoms with Crippen LogP contribution in [0.2, 0.25) is 0 Å². The Morgan fingerprint density at radius 2 is 1.90 bits per heavy atom. The molecule has 0 spiro atoms. The van der Waals surface area contributed by atoms with Crippen molar-refractivity contribution in [3.8, 4) is 0 Å². The zero-order valence-corrected chi connectivity index (χ0v) is 16.4. The predicted molar refractivity (Wildman–Crippen MR) is 77.0 cm³/mol. The Bertz CT molecular complexity index is 572. The molecule has 0 N–H and O–H groups in total. The molecule has 0 bridgehead atoms. The molecule has 0 aliphatic heterocycles. The first kappa shape index (κ1) is 20.9. The van der Waals surface area contributed by atoms with Crippen molar-refractivity contribution < 1.29 is 51.0 Å². The molecule has 1 radical (unpaired) electrons. The summed E-state index contributed by atoms with van der Waals surface area (Å²) in [6, 6.07) is 8.74. The van der Waals surface area contributed by atoms with Gasteiger partial charge in [-0.1, -0.05) is 49.8 Å². The average Bonchev–Trinajstić information content (AvgIpc) is 3.06. The summed E-state index contributed by atoms with van der Waals surface area (Å²) in [6.45, 7) is 4.65. The molecule has 0 nitrogen and oxygen atoms in total. The quantitative estimate of drug-likeness (QED) is 0.559. The van der Waals surface area contributed by atoms with Gasteiger partial charge in [-0.15, -0.1) is 6.42 Å². The van der Waals surface area contributed by atoms with Crippen LogP contribution >= 0.6 is 0 Å². The second kappa shape index (κ2) is 8.51. The first-order valence-electron chi connectivity index (χ1n) is 6.81. The summed E-state index contributed by atoms with van der Waals surface area (Å²) in [5.41, 5.74) is 5.94. The minimum Gasteiger partial charge on any atom is -1.00 e. The van der Waals surface area contributed by atoms with E-state index in [0.29, 0.717) is 0 Å². The van der Waals surface area contributed by atoms with E-state index in [-0.39, 0.29) is 56.4 Å². The van der Waals surface area contributed by atoms with E-state index in [1.54, 1.807) is 5.57 Å². The molecule has 0 saturated heterocycles. The fourth-order valence-electron chi connectivity index (χ4n) is 3.01. The van der Waals surface area contributed by atoms with Crippen LogP contribution in [-0.4, -0.2) is 0 Å². The van der Waals surface area contributed by atoms with Crippen LogP contribution < -0.4 is 24.8 Å². The molecular weight excluding hydrogens is 378 g/mol. The average molecular weight is 397 g/mol. The van der Waals surface area contributed by atoms with E-state index in [1.807, 2.05) is 0 Å². The number of allylic oxidation sites excluding steroid dienone is 5. The van der Waals surface area contributed by atoms with Crippen molar-refractivity contribution in [3.63, 3.8) is 0 Å². The molecule has 21 heavy (non-hydrogen) atoms. The number of halogens is 2. The Morgan fingerprint density at radius 1 is 1.19 bits per heavy atom. The van der Waals surface area contributed by atoms with Gasteiger partial charge in [-0.3, -0.25) is 6.08 Å². The van der Waals surface area contributed by atoms with E-state index in [2.05, 4.69) is 62.4 Å². The normalized spacial score (nSPS) is 17.4. The van der Waals surface area contributed by atoms with Gasteiger partial charge in [0.2, 0.25) is 0 Å². The summed E-state index contributed by atoms with van der Waals surface area (Å²) in [4.78, 5) is 0. The van der Waals surface area contributed by atoms with Crippen molar-refractivity contribution in [3.05, 3.63) is 64.8 Å². The van der Waals surface area contributed by atoms with Crippen LogP contribution in [0.3, 0.4) is 0 Å². The Hall–Kier alpha value is -0.0969. The van der Waals surface area contributed by atoms with Crippen molar-refractivity contribution in [1.29, 1.82) is 0 Å². The van der Waals surface area contributed by atoms with Gasteiger partial charge in [-0.05, 0) is 29.4 Å². The molecule has 1 aromatic carbocycles. The van der Waals surface area contributed by atoms with Gasteiger partial charge < -0.3 is 24.8 Å². The minimum atomic E-state index is 0. The standard InChI is InChI=1S/C18H19.2ClH.Zr/c1-3-18(2,16-10-6-7-11-16)17-12-14-8-4-5-9-15(14)13-17;;;/h4-6,8-10,12H,3,7,13H2,1-2H3;2*1H;/q-1;;;+3/p-2. The third kappa shape index (κ3) is 3.81. The van der Waals surface area contributed by atoms with Gasteiger partial charge in [-0.2, -0.15) is 6.08 Å². The van der Waals surface area contributed by atoms with Crippen LogP contribution in [0.4, 0.5) is 0 Å². The summed E-state index contributed by atoms with van der Waals surface area (Å²) in [6.07, 6.45) is 13.6. The topological polar surface area (TPSA) is 0 Å². The number of benzene rings is 1. The van der Waals surface area contributed by atoms with Gasteiger partial charge in [0.1, 0.15) is 0 Å². The van der Waals surface area contributed by atoms with E-state index in [1.165, 1.54) is 16.7 Å². The van der Waals surface area contributed by atoms with Gasteiger partial charge in [-0.25, -0.2) is 11.6 Å². The van der Waals surface area contributed by atoms with E-state index in [4.69, 9.17) is 0 Å². The monoisotopic (exact) mass is 395 g/mol. The number of rotatable bonds is 3. The molecule has 109 valence electrons. The number of fused-ring (bicyclic) bond motifs is 1. The molecule has 2 aliphatic rings. The molecular formula is C18H19Cl2Zr. The Labute approximate surface area is 159 Å². The van der Waals surface area contributed by atoms with E-state index < -0.39 is 0 Å². The van der Waals surface area contributed by atoms with Gasteiger partial charge in [0.15, 0.2) is 0 Å². The van der Waals surface area contributed by atoms with Crippen molar-refractivity contribution in [2.75, 3.05) is 0 Å². The summed E-state index contributed by atoms with van der Waals surface area (Å²) < 4.78 is 0. The molecule has 0 fully saturated rings. The number of hydrogen-bond donors (Lipinski definition) is 0. The largest absolute Gasteiger partial charge is 3.00 e. The summed E-state index contributed by atoms with van der Waals surface area (Å²) in [7, 11) is 0. The molecule has 2 aliphatic carbocycles. The molecule has 1 atom stereocenters. The summed E-state index contributed by atoms with van der Waals surface area (Å²) in [5.74, 6) is 0. The third-order valence-corrected chi connectivity index (χ3v) is 4.47. The van der Waals surface area contributed by atoms with Gasteiger partial charge >= 0.3 is 26.2 Å². The fourth-order valence-corrected chi connectivity index (χ4v) is 3.01. The molecule has 1 unspecified atom stereocenters. The molecule has 3 heteroatoms. The van der Waals surface area contributed by atoms with Crippen molar-refractivity contribution in [2.24, 2.45) is 5.41 Å². The molecule has 1 aromatic rings. The van der Waals surface area contributed by atoms with Gasteiger partial charge in [0.25, 0.3) is 0 Å². The zero-order valence-electron chi connectivity index (χ0n) is 12.4. The molecule has 0 amide bonds. The maximum atomic E-state index is 3.52. The van der Waals surface area contributed by atoms with Crippen LogP contribution in [0.25, 0.3) is 6.08 Å². The Morgan fingerprint density at radius 3 is 2.48 bits per heavy atom. The SMILES string of the molecule is CCC(C)(C1=[C-]CC=C1)C1=Cc2ccccc2C1.[Cl-].[Cl-].[Zr+3]. The van der Waals surface area contributed by atoms with Crippen LogP contribution in [0.15, 0.2) is 47.6 Å². The summed E-state index contributed by atoms with van der Waals surface area (Å²) in [5, 5.41) is 0. The molecule has 0 saturated carbocycles. The van der Waals surface area contributed by atoms with Crippen molar-refractivity contribution >= 4 is 6.08 Å². The van der Waals surface area contributed by atoms with Gasteiger partial charge in [0.05, 0.1) is 0 Å². The van der Waals surface area contributed by atoms with E-state index >= 15 is 0 Å². The maximum absolute atomic E-state index is 3.52. The zero-order chi connectivity index (χ0) is 12.6. The minimum absolute atomic E-state index is 0. The van der Waals surface area contributed by atoms with Crippen LogP contribution in [-0.2, 0) is 32.6 Å². The smallest absolute Gasteiger partial charge is 1.00 e. The van der Waals surface area contributed by atoms with Crippen molar-refractivity contribution in [2.45, 2.75) is 33.1 Å². The summed E-state index contributed by atoms with van der Waals surface area (Å²) >= 11 is 0. The van der Waals surface area contributed by atoms with Crippen molar-refractivity contribution in [1.82, 2.24) is 0 Å². The second-order valence-corrected chi connectivity index (χ2v) is 5.43. The van der Waals surface area contributed by atoms with Crippen LogP contribution in [0.1, 0.15) is 37.8 Å². The third-order valence-electron chi connectivity index (χ3n) is 4.47. The Balaban J connectivity index is 0.00000133. The van der Waals surface area contributed by atoms with E-state index in [0.717, 1.165) is 19.3 Å². The number of hydrogen-bond acceptors (Lipinski definition) is 0. The maximum Gasteiger partial charge on any atom is 3.00 e. The first-order chi connectivity index (χ1) is 8.74. The molecule has 0 aromatic heterocycles. The fraction of sp³-hybridized carbons (Fsp3) is 0.333. The van der Waals surface area contributed by atoms with E-state index in [9.17, 15) is 0 Å². The Kier molecular flexibility index (Phi) is 8.47. The van der Waals surface area contributed by atoms with Crippen LogP contribution in [0, 0.1) is 11.5 Å². The molecule has 3 rings (SSSR count).